The van der Waals surface area contributed by atoms with Crippen molar-refractivity contribution in [3.05, 3.63) is 42.5 Å². The second kappa shape index (κ2) is 8.85. The summed E-state index contributed by atoms with van der Waals surface area (Å²) >= 11 is 1.50. The molecule has 6 rings (SSSR count). The fourth-order valence-corrected chi connectivity index (χ4v) is 7.70. The predicted molar refractivity (Wildman–Crippen MR) is 139 cm³/mol. The van der Waals surface area contributed by atoms with Crippen LogP contribution in [0.4, 0.5) is 0 Å². The number of carbonyl (C=O) groups excluding carboxylic acids is 1. The molecule has 6 heteroatoms. The minimum atomic E-state index is -0.225. The molecular weight excluding hydrogens is 440 g/mol. The van der Waals surface area contributed by atoms with Gasteiger partial charge >= 0.3 is 0 Å². The van der Waals surface area contributed by atoms with Crippen LogP contribution in [0.3, 0.4) is 0 Å². The van der Waals surface area contributed by atoms with Crippen LogP contribution in [0.2, 0.25) is 0 Å². The van der Waals surface area contributed by atoms with Gasteiger partial charge in [-0.3, -0.25) is 9.36 Å². The molecule has 0 spiro atoms. The molecule has 4 aliphatic rings. The highest BCUT2D eigenvalue weighted by atomic mass is 32.2. The minimum Gasteiger partial charge on any atom is -0.350 e. The second-order valence-corrected chi connectivity index (χ2v) is 13.3. The summed E-state index contributed by atoms with van der Waals surface area (Å²) in [6.07, 6.45) is 9.51. The zero-order valence-electron chi connectivity index (χ0n) is 21.0. The van der Waals surface area contributed by atoms with Crippen molar-refractivity contribution in [2.24, 2.45) is 17.8 Å². The normalized spacial score (nSPS) is 28.6. The highest BCUT2D eigenvalue weighted by Gasteiger charge is 2.51. The lowest BCUT2D eigenvalue weighted by Crippen LogP contribution is -2.60. The van der Waals surface area contributed by atoms with E-state index in [4.69, 9.17) is 0 Å². The summed E-state index contributed by atoms with van der Waals surface area (Å²) in [7, 11) is 0. The topological polar surface area (TPSA) is 59.8 Å². The van der Waals surface area contributed by atoms with E-state index in [0.717, 1.165) is 34.3 Å². The van der Waals surface area contributed by atoms with E-state index >= 15 is 0 Å². The smallest absolute Gasteiger partial charge is 0.233 e. The van der Waals surface area contributed by atoms with Gasteiger partial charge in [0.1, 0.15) is 0 Å². The van der Waals surface area contributed by atoms with Crippen LogP contribution in [0.25, 0.3) is 11.4 Å². The standard InChI is InChI=1S/C28H38N4OS/c1-6-11-32-24(22-7-9-23(10-8-22)27(3,4)5)30-31-26(32)34-18(2)25(33)29-28-15-19-12-20(16-28)14-21(13-19)17-28/h6-10,18-21H,1,11-17H2,2-5H3,(H,29,33). The number of nitrogens with zero attached hydrogens (tertiary/aromatic N) is 3. The Bertz CT molecular complexity index is 1030. The van der Waals surface area contributed by atoms with Crippen molar-refractivity contribution in [1.29, 1.82) is 0 Å². The maximum absolute atomic E-state index is 13.3. The number of allylic oxidation sites excluding steroid dienone is 1. The third-order valence-electron chi connectivity index (χ3n) is 8.12. The molecule has 4 bridgehead atoms. The number of rotatable bonds is 7. The molecule has 2 aromatic rings. The third-order valence-corrected chi connectivity index (χ3v) is 9.20. The summed E-state index contributed by atoms with van der Waals surface area (Å²) in [6.45, 7) is 13.2. The lowest BCUT2D eigenvalue weighted by Gasteiger charge is -2.57. The van der Waals surface area contributed by atoms with Gasteiger partial charge in [-0.2, -0.15) is 0 Å². The van der Waals surface area contributed by atoms with Crippen LogP contribution in [0, 0.1) is 17.8 Å². The van der Waals surface area contributed by atoms with Crippen LogP contribution in [0.5, 0.6) is 0 Å². The second-order valence-electron chi connectivity index (χ2n) is 12.0. The Balaban J connectivity index is 1.31. The average Bonchev–Trinajstić information content (AvgIpc) is 3.14. The highest BCUT2D eigenvalue weighted by Crippen LogP contribution is 2.55. The largest absolute Gasteiger partial charge is 0.350 e. The molecule has 1 aromatic heterocycles. The zero-order chi connectivity index (χ0) is 24.1. The first kappa shape index (κ1) is 23.7. The number of aromatic nitrogens is 3. The van der Waals surface area contributed by atoms with Gasteiger partial charge in [-0.1, -0.05) is 62.9 Å². The van der Waals surface area contributed by atoms with Crippen molar-refractivity contribution in [2.45, 2.75) is 94.1 Å². The molecule has 0 aliphatic heterocycles. The molecular formula is C28H38N4OS. The van der Waals surface area contributed by atoms with Crippen LogP contribution in [0.1, 0.15) is 71.8 Å². The first-order valence-electron chi connectivity index (χ1n) is 12.8. The van der Waals surface area contributed by atoms with Crippen molar-refractivity contribution in [1.82, 2.24) is 20.1 Å². The van der Waals surface area contributed by atoms with Crippen molar-refractivity contribution >= 4 is 17.7 Å². The minimum absolute atomic E-state index is 0.0371. The van der Waals surface area contributed by atoms with E-state index in [1.807, 2.05) is 13.0 Å². The molecule has 1 aromatic carbocycles. The first-order valence-corrected chi connectivity index (χ1v) is 13.7. The van der Waals surface area contributed by atoms with Crippen molar-refractivity contribution < 1.29 is 4.79 Å². The Morgan fingerprint density at radius 2 is 1.74 bits per heavy atom. The lowest BCUT2D eigenvalue weighted by atomic mass is 9.53. The number of hydrogen-bond donors (Lipinski definition) is 1. The molecule has 0 saturated heterocycles. The Morgan fingerprint density at radius 1 is 1.15 bits per heavy atom. The number of benzene rings is 1. The van der Waals surface area contributed by atoms with E-state index in [1.165, 1.54) is 55.9 Å². The fourth-order valence-electron chi connectivity index (χ4n) is 6.84. The Morgan fingerprint density at radius 3 is 2.26 bits per heavy atom. The van der Waals surface area contributed by atoms with Crippen molar-refractivity contribution in [3.63, 3.8) is 0 Å². The highest BCUT2D eigenvalue weighted by molar-refractivity contribution is 8.00. The van der Waals surface area contributed by atoms with Gasteiger partial charge in [0.2, 0.25) is 5.91 Å². The van der Waals surface area contributed by atoms with Gasteiger partial charge in [0.05, 0.1) is 5.25 Å². The summed E-state index contributed by atoms with van der Waals surface area (Å²) in [5.41, 5.74) is 2.46. The molecule has 1 heterocycles. The van der Waals surface area contributed by atoms with E-state index in [-0.39, 0.29) is 22.1 Å². The van der Waals surface area contributed by atoms with Crippen LogP contribution in [-0.2, 0) is 16.8 Å². The van der Waals surface area contributed by atoms with E-state index in [2.05, 4.69) is 71.7 Å². The van der Waals surface area contributed by atoms with Gasteiger partial charge in [0.15, 0.2) is 11.0 Å². The Hall–Kier alpha value is -2.08. The van der Waals surface area contributed by atoms with E-state index < -0.39 is 0 Å². The molecule has 34 heavy (non-hydrogen) atoms. The molecule has 1 atom stereocenters. The van der Waals surface area contributed by atoms with E-state index in [0.29, 0.717) is 6.54 Å². The fraction of sp³-hybridized carbons (Fsp3) is 0.607. The van der Waals surface area contributed by atoms with Crippen LogP contribution < -0.4 is 5.32 Å². The summed E-state index contributed by atoms with van der Waals surface area (Å²) < 4.78 is 2.07. The van der Waals surface area contributed by atoms with Gasteiger partial charge in [0, 0.05) is 17.6 Å². The van der Waals surface area contributed by atoms with Crippen molar-refractivity contribution in [3.8, 4) is 11.4 Å². The predicted octanol–water partition coefficient (Wildman–Crippen LogP) is 5.99. The van der Waals surface area contributed by atoms with Crippen LogP contribution in [0.15, 0.2) is 42.1 Å². The van der Waals surface area contributed by atoms with Crippen LogP contribution >= 0.6 is 11.8 Å². The molecule has 5 nitrogen and oxygen atoms in total. The van der Waals surface area contributed by atoms with Crippen molar-refractivity contribution in [2.75, 3.05) is 0 Å². The maximum Gasteiger partial charge on any atom is 0.233 e. The first-order chi connectivity index (χ1) is 16.2. The van der Waals surface area contributed by atoms with Gasteiger partial charge in [0.25, 0.3) is 0 Å². The quantitative estimate of drug-likeness (QED) is 0.392. The summed E-state index contributed by atoms with van der Waals surface area (Å²) in [6, 6.07) is 8.55. The van der Waals surface area contributed by atoms with Gasteiger partial charge in [-0.25, -0.2) is 0 Å². The summed E-state index contributed by atoms with van der Waals surface area (Å²) in [4.78, 5) is 13.3. The van der Waals surface area contributed by atoms with Crippen LogP contribution in [-0.4, -0.2) is 31.5 Å². The SMILES string of the molecule is C=CCn1c(SC(C)C(=O)NC23CC4CC(CC(C4)C2)C3)nnc1-c1ccc(C(C)(C)C)cc1. The Labute approximate surface area is 208 Å². The molecule has 0 radical (unpaired) electrons. The van der Waals surface area contributed by atoms with Gasteiger partial charge < -0.3 is 5.32 Å². The number of hydrogen-bond acceptors (Lipinski definition) is 4. The molecule has 1 amide bonds. The molecule has 1 N–H and O–H groups in total. The number of nitrogens with one attached hydrogen (secondary N) is 1. The lowest BCUT2D eigenvalue weighted by molar-refractivity contribution is -0.126. The number of carbonyl (C=O) groups is 1. The summed E-state index contributed by atoms with van der Waals surface area (Å²) in [5.74, 6) is 3.40. The average molecular weight is 479 g/mol. The molecule has 182 valence electrons. The Kier molecular flexibility index (Phi) is 6.16. The molecule has 1 unspecified atom stereocenters. The van der Waals surface area contributed by atoms with Gasteiger partial charge in [-0.15, -0.1) is 16.8 Å². The molecule has 4 saturated carbocycles. The molecule has 4 aliphatic carbocycles. The maximum atomic E-state index is 13.3. The monoisotopic (exact) mass is 478 g/mol. The van der Waals surface area contributed by atoms with E-state index in [1.54, 1.807) is 0 Å². The van der Waals surface area contributed by atoms with Gasteiger partial charge in [-0.05, 0) is 74.2 Å². The summed E-state index contributed by atoms with van der Waals surface area (Å²) in [5, 5.41) is 13.0. The van der Waals surface area contributed by atoms with E-state index in [9.17, 15) is 4.79 Å². The third kappa shape index (κ3) is 4.58. The number of amides is 1. The number of thioether (sulfide) groups is 1. The molecule has 4 fully saturated rings. The zero-order valence-corrected chi connectivity index (χ0v) is 21.8.